The molecule has 28 heavy (non-hydrogen) atoms. The van der Waals surface area contributed by atoms with Crippen molar-refractivity contribution >= 4 is 16.0 Å². The van der Waals surface area contributed by atoms with Crippen LogP contribution in [0.3, 0.4) is 0 Å². The van der Waals surface area contributed by atoms with Gasteiger partial charge >= 0.3 is 5.97 Å². The molecule has 0 radical (unpaired) electrons. The topological polar surface area (TPSA) is 76.2 Å². The molecule has 1 aliphatic carbocycles. The van der Waals surface area contributed by atoms with Gasteiger partial charge in [0.25, 0.3) is 0 Å². The molecule has 1 saturated carbocycles. The summed E-state index contributed by atoms with van der Waals surface area (Å²) < 4.78 is 38.8. The predicted molar refractivity (Wildman–Crippen MR) is 106 cm³/mol. The highest BCUT2D eigenvalue weighted by molar-refractivity contribution is 7.89. The average molecular weight is 411 g/mol. The summed E-state index contributed by atoms with van der Waals surface area (Å²) in [7, 11) is -3.62. The van der Waals surface area contributed by atoms with E-state index in [1.807, 2.05) is 0 Å². The van der Waals surface area contributed by atoms with Crippen LogP contribution in [0.5, 0.6) is 0 Å². The number of sulfonamides is 1. The number of benzene rings is 1. The molecule has 3 rings (SSSR count). The molecule has 1 heterocycles. The molecule has 0 bridgehead atoms. The van der Waals surface area contributed by atoms with Gasteiger partial charge in [-0.2, -0.15) is 4.31 Å². The first-order chi connectivity index (χ1) is 13.5. The van der Waals surface area contributed by atoms with E-state index in [1.165, 1.54) is 24.3 Å². The fourth-order valence-corrected chi connectivity index (χ4v) is 5.54. The molecule has 1 aliphatic heterocycles. The lowest BCUT2D eigenvalue weighted by Crippen LogP contribution is -2.46. The summed E-state index contributed by atoms with van der Waals surface area (Å²) in [4.78, 5) is 14.3. The predicted octanol–water partition coefficient (Wildman–Crippen LogP) is 2.13. The lowest BCUT2D eigenvalue weighted by atomic mass is 10.2. The van der Waals surface area contributed by atoms with Gasteiger partial charge in [0.2, 0.25) is 10.0 Å². The molecule has 1 aromatic carbocycles. The highest BCUT2D eigenvalue weighted by atomic mass is 32.2. The van der Waals surface area contributed by atoms with Crippen LogP contribution in [0.2, 0.25) is 0 Å². The van der Waals surface area contributed by atoms with E-state index in [1.54, 1.807) is 11.2 Å². The van der Waals surface area contributed by atoms with Gasteiger partial charge in [-0.05, 0) is 44.0 Å². The smallest absolute Gasteiger partial charge is 0.338 e. The van der Waals surface area contributed by atoms with Crippen LogP contribution in [0, 0.1) is 0 Å². The van der Waals surface area contributed by atoms with Crippen molar-refractivity contribution in [3.05, 3.63) is 29.8 Å². The van der Waals surface area contributed by atoms with E-state index in [4.69, 9.17) is 9.47 Å². The Morgan fingerprint density at radius 1 is 1.18 bits per heavy atom. The molecule has 1 aromatic rings. The molecule has 156 valence electrons. The van der Waals surface area contributed by atoms with E-state index in [9.17, 15) is 13.2 Å². The van der Waals surface area contributed by atoms with Gasteiger partial charge in [0.15, 0.2) is 0 Å². The van der Waals surface area contributed by atoms with Gasteiger partial charge in [0.1, 0.15) is 0 Å². The molecule has 2 aliphatic rings. The normalized spacial score (nSPS) is 19.2. The fraction of sp³-hybridized carbons (Fsp3) is 0.650. The standard InChI is InChI=1S/C20H30N2O5S/c1-2-27-20(23)17-7-9-19(10-8-17)28(24,25)22(18-5-3-4-6-18)12-11-21-13-15-26-16-14-21/h7-10,18H,2-6,11-16H2,1H3. The number of nitrogens with zero attached hydrogens (tertiary/aromatic N) is 2. The lowest BCUT2D eigenvalue weighted by molar-refractivity contribution is 0.0353. The van der Waals surface area contributed by atoms with Gasteiger partial charge in [0, 0.05) is 32.2 Å². The number of hydrogen-bond acceptors (Lipinski definition) is 6. The summed E-state index contributed by atoms with van der Waals surface area (Å²) in [5, 5.41) is 0. The van der Waals surface area contributed by atoms with E-state index in [0.29, 0.717) is 31.9 Å². The Labute approximate surface area is 167 Å². The van der Waals surface area contributed by atoms with Crippen LogP contribution in [0.15, 0.2) is 29.2 Å². The molecule has 0 spiro atoms. The summed E-state index contributed by atoms with van der Waals surface area (Å²) in [5.41, 5.74) is 0.363. The van der Waals surface area contributed by atoms with Gasteiger partial charge in [0.05, 0.1) is 30.3 Å². The molecule has 1 saturated heterocycles. The van der Waals surface area contributed by atoms with Crippen LogP contribution >= 0.6 is 0 Å². The Hall–Kier alpha value is -1.48. The third-order valence-corrected chi connectivity index (χ3v) is 7.41. The Morgan fingerprint density at radius 3 is 2.43 bits per heavy atom. The van der Waals surface area contributed by atoms with Crippen molar-refractivity contribution < 1.29 is 22.7 Å². The largest absolute Gasteiger partial charge is 0.462 e. The zero-order valence-electron chi connectivity index (χ0n) is 16.5. The maximum absolute atomic E-state index is 13.4. The van der Waals surface area contributed by atoms with Crippen LogP contribution in [0.4, 0.5) is 0 Å². The van der Waals surface area contributed by atoms with E-state index >= 15 is 0 Å². The first-order valence-corrected chi connectivity index (χ1v) is 11.6. The summed E-state index contributed by atoms with van der Waals surface area (Å²) in [5.74, 6) is -0.439. The van der Waals surface area contributed by atoms with Crippen molar-refractivity contribution in [2.24, 2.45) is 0 Å². The number of morpholine rings is 1. The first kappa shape index (κ1) is 21.2. The van der Waals surface area contributed by atoms with Gasteiger partial charge in [-0.25, -0.2) is 13.2 Å². The van der Waals surface area contributed by atoms with E-state index in [0.717, 1.165) is 38.8 Å². The molecule has 8 heteroatoms. The minimum atomic E-state index is -3.62. The molecule has 2 fully saturated rings. The van der Waals surface area contributed by atoms with Crippen molar-refractivity contribution in [1.82, 2.24) is 9.21 Å². The molecule has 0 atom stereocenters. The van der Waals surface area contributed by atoms with E-state index in [2.05, 4.69) is 4.90 Å². The monoisotopic (exact) mass is 410 g/mol. The van der Waals surface area contributed by atoms with Crippen LogP contribution in [-0.4, -0.2) is 75.6 Å². The highest BCUT2D eigenvalue weighted by Gasteiger charge is 2.33. The maximum atomic E-state index is 13.4. The summed E-state index contributed by atoms with van der Waals surface area (Å²) in [6, 6.07) is 6.13. The zero-order valence-corrected chi connectivity index (χ0v) is 17.3. The summed E-state index contributed by atoms with van der Waals surface area (Å²) >= 11 is 0. The second kappa shape index (κ2) is 9.82. The molecule has 0 unspecified atom stereocenters. The average Bonchev–Trinajstić information content (AvgIpc) is 3.23. The molecular formula is C20H30N2O5S. The van der Waals surface area contributed by atoms with Gasteiger partial charge < -0.3 is 9.47 Å². The molecule has 7 nitrogen and oxygen atoms in total. The second-order valence-corrected chi connectivity index (χ2v) is 9.14. The number of rotatable bonds is 8. The molecule has 0 N–H and O–H groups in total. The Morgan fingerprint density at radius 2 is 1.82 bits per heavy atom. The Balaban J connectivity index is 1.75. The van der Waals surface area contributed by atoms with Crippen molar-refractivity contribution in [2.45, 2.75) is 43.5 Å². The van der Waals surface area contributed by atoms with Crippen LogP contribution < -0.4 is 0 Å². The zero-order chi connectivity index (χ0) is 20.0. The van der Waals surface area contributed by atoms with Crippen molar-refractivity contribution in [3.63, 3.8) is 0 Å². The van der Waals surface area contributed by atoms with E-state index in [-0.39, 0.29) is 17.5 Å². The highest BCUT2D eigenvalue weighted by Crippen LogP contribution is 2.29. The number of hydrogen-bond donors (Lipinski definition) is 0. The minimum absolute atomic E-state index is 0.0516. The summed E-state index contributed by atoms with van der Waals surface area (Å²) in [6.07, 6.45) is 3.94. The van der Waals surface area contributed by atoms with Crippen LogP contribution in [0.25, 0.3) is 0 Å². The van der Waals surface area contributed by atoms with Crippen molar-refractivity contribution in [1.29, 1.82) is 0 Å². The third kappa shape index (κ3) is 5.11. The number of ether oxygens (including phenoxy) is 2. The SMILES string of the molecule is CCOC(=O)c1ccc(S(=O)(=O)N(CCN2CCOCC2)C2CCCC2)cc1. The molecule has 0 aromatic heterocycles. The molecule has 0 amide bonds. The first-order valence-electron chi connectivity index (χ1n) is 10.1. The fourth-order valence-electron chi connectivity index (χ4n) is 3.87. The van der Waals surface area contributed by atoms with Gasteiger partial charge in [-0.3, -0.25) is 4.90 Å². The lowest BCUT2D eigenvalue weighted by Gasteiger charge is -2.32. The van der Waals surface area contributed by atoms with Crippen molar-refractivity contribution in [2.75, 3.05) is 46.0 Å². The van der Waals surface area contributed by atoms with Crippen LogP contribution in [0.1, 0.15) is 43.0 Å². The van der Waals surface area contributed by atoms with E-state index < -0.39 is 16.0 Å². The van der Waals surface area contributed by atoms with Crippen molar-refractivity contribution in [3.8, 4) is 0 Å². The number of carbonyl (C=O) groups excluding carboxylic acids is 1. The maximum Gasteiger partial charge on any atom is 0.338 e. The Bertz CT molecular complexity index is 738. The Kier molecular flexibility index (Phi) is 7.45. The van der Waals surface area contributed by atoms with Gasteiger partial charge in [-0.15, -0.1) is 0 Å². The quantitative estimate of drug-likeness (QED) is 0.611. The third-order valence-electron chi connectivity index (χ3n) is 5.44. The minimum Gasteiger partial charge on any atom is -0.462 e. The summed E-state index contributed by atoms with van der Waals surface area (Å²) in [6.45, 7) is 6.30. The number of esters is 1. The second-order valence-electron chi connectivity index (χ2n) is 7.25. The number of carbonyl (C=O) groups is 1. The van der Waals surface area contributed by atoms with Gasteiger partial charge in [-0.1, -0.05) is 12.8 Å². The molecular weight excluding hydrogens is 380 g/mol. The van der Waals surface area contributed by atoms with Crippen LogP contribution in [-0.2, 0) is 19.5 Å².